The van der Waals surface area contributed by atoms with E-state index in [0.29, 0.717) is 30.0 Å². The summed E-state index contributed by atoms with van der Waals surface area (Å²) in [6.45, 7) is 7.37. The van der Waals surface area contributed by atoms with Crippen molar-refractivity contribution in [1.82, 2.24) is 15.0 Å². The molecule has 1 saturated carbocycles. The van der Waals surface area contributed by atoms with Crippen molar-refractivity contribution in [3.63, 3.8) is 0 Å². The van der Waals surface area contributed by atoms with Crippen molar-refractivity contribution >= 4 is 11.9 Å². The summed E-state index contributed by atoms with van der Waals surface area (Å²) in [5, 5.41) is 3.56. The molecule has 0 aromatic carbocycles. The molecule has 7 nitrogen and oxygen atoms in total. The first-order chi connectivity index (χ1) is 12.1. The summed E-state index contributed by atoms with van der Waals surface area (Å²) < 4.78 is 11.2. The van der Waals surface area contributed by atoms with Crippen LogP contribution in [0, 0.1) is 11.3 Å². The summed E-state index contributed by atoms with van der Waals surface area (Å²) in [5.41, 5.74) is 0.0871. The highest BCUT2D eigenvalue weighted by molar-refractivity contribution is 5.41. The lowest BCUT2D eigenvalue weighted by atomic mass is 9.57. The second-order valence-corrected chi connectivity index (χ2v) is 8.03. The number of rotatable bonds is 4. The molecule has 25 heavy (non-hydrogen) atoms. The Hall–Kier alpha value is -1.63. The average molecular weight is 347 g/mol. The van der Waals surface area contributed by atoms with Crippen LogP contribution in [0.25, 0.3) is 0 Å². The van der Waals surface area contributed by atoms with Crippen molar-refractivity contribution in [3.8, 4) is 6.01 Å². The fourth-order valence-electron chi connectivity index (χ4n) is 4.67. The van der Waals surface area contributed by atoms with Gasteiger partial charge in [0, 0.05) is 37.1 Å². The van der Waals surface area contributed by atoms with Gasteiger partial charge in [0.2, 0.25) is 11.9 Å². The Bertz CT molecular complexity index is 615. The summed E-state index contributed by atoms with van der Waals surface area (Å²) in [4.78, 5) is 15.9. The van der Waals surface area contributed by atoms with Gasteiger partial charge in [0.05, 0.1) is 13.2 Å². The van der Waals surface area contributed by atoms with Crippen LogP contribution in [0.5, 0.6) is 6.01 Å². The van der Waals surface area contributed by atoms with E-state index in [1.54, 1.807) is 7.11 Å². The van der Waals surface area contributed by atoms with E-state index in [4.69, 9.17) is 14.5 Å². The maximum Gasteiger partial charge on any atom is 0.322 e. The minimum atomic E-state index is 0.0871. The molecule has 2 saturated heterocycles. The van der Waals surface area contributed by atoms with E-state index < -0.39 is 0 Å². The third-order valence-electron chi connectivity index (χ3n) is 6.06. The van der Waals surface area contributed by atoms with Gasteiger partial charge in [-0.1, -0.05) is 26.7 Å². The number of anilines is 2. The monoisotopic (exact) mass is 347 g/mol. The molecule has 7 heteroatoms. The molecule has 1 aliphatic carbocycles. The Morgan fingerprint density at radius 1 is 1.12 bits per heavy atom. The van der Waals surface area contributed by atoms with Gasteiger partial charge < -0.3 is 19.7 Å². The van der Waals surface area contributed by atoms with Gasteiger partial charge in [-0.05, 0) is 19.3 Å². The smallest absolute Gasteiger partial charge is 0.322 e. The minimum absolute atomic E-state index is 0.0871. The van der Waals surface area contributed by atoms with Gasteiger partial charge in [0.1, 0.15) is 0 Å². The lowest BCUT2D eigenvalue weighted by Crippen LogP contribution is -2.63. The van der Waals surface area contributed by atoms with E-state index in [0.717, 1.165) is 32.1 Å². The van der Waals surface area contributed by atoms with E-state index in [9.17, 15) is 0 Å². The van der Waals surface area contributed by atoms with Gasteiger partial charge >= 0.3 is 6.01 Å². The molecule has 3 atom stereocenters. The van der Waals surface area contributed by atoms with Crippen molar-refractivity contribution in [3.05, 3.63) is 0 Å². The third-order valence-corrected chi connectivity index (χ3v) is 6.06. The lowest BCUT2D eigenvalue weighted by Gasteiger charge is -2.54. The highest BCUT2D eigenvalue weighted by atomic mass is 16.5. The van der Waals surface area contributed by atoms with E-state index >= 15 is 0 Å². The molecule has 3 heterocycles. The summed E-state index contributed by atoms with van der Waals surface area (Å²) in [7, 11) is 1.61. The Morgan fingerprint density at radius 3 is 2.60 bits per heavy atom. The molecule has 1 aromatic rings. The zero-order valence-electron chi connectivity index (χ0n) is 15.5. The van der Waals surface area contributed by atoms with E-state index in [-0.39, 0.29) is 5.41 Å². The van der Waals surface area contributed by atoms with Gasteiger partial charge in [0.25, 0.3) is 0 Å². The van der Waals surface area contributed by atoms with Gasteiger partial charge in [-0.15, -0.1) is 0 Å². The van der Waals surface area contributed by atoms with Crippen LogP contribution in [0.2, 0.25) is 0 Å². The van der Waals surface area contributed by atoms with Crippen LogP contribution in [0.15, 0.2) is 0 Å². The highest BCUT2D eigenvalue weighted by Gasteiger charge is 2.59. The van der Waals surface area contributed by atoms with Gasteiger partial charge in [-0.2, -0.15) is 15.0 Å². The third kappa shape index (κ3) is 3.03. The quantitative estimate of drug-likeness (QED) is 0.897. The number of methoxy groups -OCH3 is 1. The lowest BCUT2D eigenvalue weighted by molar-refractivity contribution is -0.0925. The molecule has 0 radical (unpaired) electrons. The van der Waals surface area contributed by atoms with Gasteiger partial charge in [-0.3, -0.25) is 0 Å². The molecule has 138 valence electrons. The maximum absolute atomic E-state index is 5.89. The minimum Gasteiger partial charge on any atom is -0.467 e. The van der Waals surface area contributed by atoms with Crippen LogP contribution in [-0.4, -0.2) is 53.9 Å². The highest BCUT2D eigenvalue weighted by Crippen LogP contribution is 2.53. The molecule has 3 fully saturated rings. The first kappa shape index (κ1) is 16.8. The number of aromatic nitrogens is 3. The van der Waals surface area contributed by atoms with Crippen molar-refractivity contribution in [2.75, 3.05) is 37.0 Å². The van der Waals surface area contributed by atoms with Crippen LogP contribution < -0.4 is 15.0 Å². The molecule has 4 rings (SSSR count). The van der Waals surface area contributed by atoms with Crippen molar-refractivity contribution < 1.29 is 9.47 Å². The molecule has 1 aromatic heterocycles. The van der Waals surface area contributed by atoms with Crippen LogP contribution in [0.3, 0.4) is 0 Å². The Morgan fingerprint density at radius 2 is 1.88 bits per heavy atom. The predicted octanol–water partition coefficient (Wildman–Crippen LogP) is 2.49. The second-order valence-electron chi connectivity index (χ2n) is 8.03. The first-order valence-corrected chi connectivity index (χ1v) is 9.53. The summed E-state index contributed by atoms with van der Waals surface area (Å²) >= 11 is 0. The maximum atomic E-state index is 5.89. The fourth-order valence-corrected chi connectivity index (χ4v) is 4.67. The number of nitrogens with zero attached hydrogens (tertiary/aromatic N) is 4. The molecule has 2 aliphatic heterocycles. The van der Waals surface area contributed by atoms with Crippen LogP contribution in [0.1, 0.15) is 46.0 Å². The number of hydrogen-bond acceptors (Lipinski definition) is 7. The van der Waals surface area contributed by atoms with E-state index in [2.05, 4.69) is 34.0 Å². The Balaban J connectivity index is 1.56. The second kappa shape index (κ2) is 6.59. The number of ether oxygens (including phenoxy) is 2. The van der Waals surface area contributed by atoms with E-state index in [1.165, 1.54) is 25.7 Å². The van der Waals surface area contributed by atoms with E-state index in [1.807, 2.05) is 0 Å². The van der Waals surface area contributed by atoms with Crippen LogP contribution in [0.4, 0.5) is 11.9 Å². The number of hydrogen-bond donors (Lipinski definition) is 1. The number of fused-ring (bicyclic) bond motifs is 1. The largest absolute Gasteiger partial charge is 0.467 e. The molecule has 3 aliphatic rings. The molecular weight excluding hydrogens is 318 g/mol. The normalized spacial score (nSPS) is 31.0. The summed E-state index contributed by atoms with van der Waals surface area (Å²) in [5.74, 6) is 1.89. The molecular formula is C18H29N5O2. The molecule has 0 amide bonds. The van der Waals surface area contributed by atoms with Crippen LogP contribution in [-0.2, 0) is 4.74 Å². The topological polar surface area (TPSA) is 72.4 Å². The molecule has 0 spiro atoms. The van der Waals surface area contributed by atoms with Gasteiger partial charge in [-0.25, -0.2) is 0 Å². The van der Waals surface area contributed by atoms with Gasteiger partial charge in [0.15, 0.2) is 0 Å². The van der Waals surface area contributed by atoms with Crippen LogP contribution >= 0.6 is 0 Å². The molecule has 1 N–H and O–H groups in total. The predicted molar refractivity (Wildman–Crippen MR) is 96.1 cm³/mol. The Labute approximate surface area is 149 Å². The van der Waals surface area contributed by atoms with Crippen molar-refractivity contribution in [1.29, 1.82) is 0 Å². The molecule has 0 unspecified atom stereocenters. The van der Waals surface area contributed by atoms with Crippen molar-refractivity contribution in [2.45, 2.75) is 58.1 Å². The number of nitrogens with one attached hydrogen (secondary N) is 1. The zero-order valence-corrected chi connectivity index (χ0v) is 15.5. The zero-order chi connectivity index (χ0) is 17.4. The van der Waals surface area contributed by atoms with Crippen molar-refractivity contribution in [2.24, 2.45) is 11.3 Å². The molecule has 0 bridgehead atoms. The Kier molecular flexibility index (Phi) is 4.43. The fraction of sp³-hybridized carbons (Fsp3) is 0.833. The standard InChI is InChI=1S/C18H29N5O2/c1-18(2)13(12-8-11-25-14(12)18)19-15-20-16(22-17(21-15)24-3)23-9-6-4-5-7-10-23/h12-14H,4-11H2,1-3H3,(H,19,20,21,22)/t12-,13-,14-/m1/s1. The first-order valence-electron chi connectivity index (χ1n) is 9.53. The average Bonchev–Trinajstić information content (AvgIpc) is 2.90. The SMILES string of the molecule is COc1nc(N[C@@H]2[C@H]3CCO[C@H]3C2(C)C)nc(N2CCCCCC2)n1. The summed E-state index contributed by atoms with van der Waals surface area (Å²) in [6, 6.07) is 0.706. The summed E-state index contributed by atoms with van der Waals surface area (Å²) in [6.07, 6.45) is 6.39.